The van der Waals surface area contributed by atoms with Gasteiger partial charge in [0.2, 0.25) is 0 Å². The zero-order chi connectivity index (χ0) is 15.0. The molecule has 2 aliphatic rings. The molecule has 0 spiro atoms. The van der Waals surface area contributed by atoms with Gasteiger partial charge in [-0.1, -0.05) is 6.07 Å². The number of aliphatic hydroxyl groups is 1. The van der Waals surface area contributed by atoms with Crippen LogP contribution < -0.4 is 4.74 Å². The lowest BCUT2D eigenvalue weighted by molar-refractivity contribution is -0.133. The molecule has 0 saturated carbocycles. The molecule has 0 amide bonds. The average Bonchev–Trinajstić information content (AvgIpc) is 2.41. The standard InChI is InChI=1S/C16H22FNO3/c1-18-12-7-16(19,8-13(18)10-21-9-12)6-11-3-4-15(20-2)14(17)5-11/h3-5,12-13,19H,6-10H2,1-2H3. The molecule has 2 heterocycles. The third-order valence-electron chi connectivity index (χ3n) is 4.75. The Morgan fingerprint density at radius 2 is 2.05 bits per heavy atom. The Hall–Kier alpha value is -1.17. The van der Waals surface area contributed by atoms with E-state index in [1.165, 1.54) is 13.2 Å². The van der Waals surface area contributed by atoms with Gasteiger partial charge in [-0.25, -0.2) is 4.39 Å². The second-order valence-electron chi connectivity index (χ2n) is 6.29. The lowest BCUT2D eigenvalue weighted by Crippen LogP contribution is -2.60. The molecule has 0 aliphatic carbocycles. The first-order valence-corrected chi connectivity index (χ1v) is 7.35. The zero-order valence-corrected chi connectivity index (χ0v) is 12.5. The molecule has 3 rings (SSSR count). The maximum Gasteiger partial charge on any atom is 0.165 e. The smallest absolute Gasteiger partial charge is 0.165 e. The van der Waals surface area contributed by atoms with Crippen molar-refractivity contribution in [3.8, 4) is 5.75 Å². The highest BCUT2D eigenvalue weighted by Gasteiger charge is 2.44. The van der Waals surface area contributed by atoms with Gasteiger partial charge in [-0.3, -0.25) is 4.90 Å². The highest BCUT2D eigenvalue weighted by molar-refractivity contribution is 5.30. The van der Waals surface area contributed by atoms with Crippen LogP contribution in [0.1, 0.15) is 18.4 Å². The molecule has 0 radical (unpaired) electrons. The van der Waals surface area contributed by atoms with Gasteiger partial charge in [0.15, 0.2) is 11.6 Å². The monoisotopic (exact) mass is 295 g/mol. The fraction of sp³-hybridized carbons (Fsp3) is 0.625. The average molecular weight is 295 g/mol. The largest absolute Gasteiger partial charge is 0.494 e. The molecule has 0 aromatic heterocycles. The molecule has 2 atom stereocenters. The van der Waals surface area contributed by atoms with Gasteiger partial charge in [0.25, 0.3) is 0 Å². The Labute approximate surface area is 124 Å². The SMILES string of the molecule is COc1ccc(CC2(O)CC3COCC(C2)N3C)cc1F. The second kappa shape index (κ2) is 5.55. The van der Waals surface area contributed by atoms with Crippen molar-refractivity contribution in [2.75, 3.05) is 27.4 Å². The van der Waals surface area contributed by atoms with Gasteiger partial charge in [-0.15, -0.1) is 0 Å². The summed E-state index contributed by atoms with van der Waals surface area (Å²) in [7, 11) is 3.54. The summed E-state index contributed by atoms with van der Waals surface area (Å²) in [4.78, 5) is 2.30. The fourth-order valence-corrected chi connectivity index (χ4v) is 3.58. The summed E-state index contributed by atoms with van der Waals surface area (Å²) < 4.78 is 24.3. The van der Waals surface area contributed by atoms with Crippen LogP contribution in [0.25, 0.3) is 0 Å². The van der Waals surface area contributed by atoms with Crippen molar-refractivity contribution in [3.05, 3.63) is 29.6 Å². The Balaban J connectivity index is 1.76. The molecular formula is C16H22FNO3. The second-order valence-corrected chi connectivity index (χ2v) is 6.29. The topological polar surface area (TPSA) is 41.9 Å². The van der Waals surface area contributed by atoms with E-state index in [1.54, 1.807) is 6.07 Å². The molecule has 21 heavy (non-hydrogen) atoms. The third-order valence-corrected chi connectivity index (χ3v) is 4.75. The predicted octanol–water partition coefficient (Wildman–Crippen LogP) is 1.60. The summed E-state index contributed by atoms with van der Waals surface area (Å²) in [5.74, 6) is -0.144. The Kier molecular flexibility index (Phi) is 3.90. The molecule has 2 saturated heterocycles. The number of fused-ring (bicyclic) bond motifs is 2. The summed E-state index contributed by atoms with van der Waals surface area (Å²) in [6, 6.07) is 5.38. The normalized spacial score (nSPS) is 33.0. The molecule has 2 bridgehead atoms. The summed E-state index contributed by atoms with van der Waals surface area (Å²) in [6.07, 6.45) is 1.79. The van der Waals surface area contributed by atoms with E-state index in [1.807, 2.05) is 6.07 Å². The van der Waals surface area contributed by atoms with E-state index in [0.717, 1.165) is 5.56 Å². The van der Waals surface area contributed by atoms with Crippen LogP contribution >= 0.6 is 0 Å². The van der Waals surface area contributed by atoms with Crippen molar-refractivity contribution in [2.45, 2.75) is 36.9 Å². The van der Waals surface area contributed by atoms with Crippen LogP contribution in [0.5, 0.6) is 5.75 Å². The maximum atomic E-state index is 13.8. The van der Waals surface area contributed by atoms with E-state index in [4.69, 9.17) is 9.47 Å². The van der Waals surface area contributed by atoms with Crippen LogP contribution in [0.3, 0.4) is 0 Å². The summed E-state index contributed by atoms with van der Waals surface area (Å²) in [5.41, 5.74) is 0.0199. The zero-order valence-electron chi connectivity index (χ0n) is 12.5. The molecule has 2 aliphatic heterocycles. The Morgan fingerprint density at radius 3 is 2.62 bits per heavy atom. The number of likely N-dealkylation sites (N-methyl/N-ethyl adjacent to an activating group) is 1. The van der Waals surface area contributed by atoms with Gasteiger partial charge in [0, 0.05) is 18.5 Å². The molecular weight excluding hydrogens is 273 g/mol. The van der Waals surface area contributed by atoms with Crippen molar-refractivity contribution in [1.29, 1.82) is 0 Å². The quantitative estimate of drug-likeness (QED) is 0.920. The molecule has 5 heteroatoms. The first kappa shape index (κ1) is 14.8. The van der Waals surface area contributed by atoms with Gasteiger partial charge >= 0.3 is 0 Å². The van der Waals surface area contributed by atoms with E-state index in [2.05, 4.69) is 11.9 Å². The molecule has 1 N–H and O–H groups in total. The highest BCUT2D eigenvalue weighted by atomic mass is 19.1. The van der Waals surface area contributed by atoms with Crippen LogP contribution in [0, 0.1) is 5.82 Å². The van der Waals surface area contributed by atoms with Gasteiger partial charge in [-0.05, 0) is 37.6 Å². The minimum Gasteiger partial charge on any atom is -0.494 e. The molecule has 1 aromatic carbocycles. The number of ether oxygens (including phenoxy) is 2. The van der Waals surface area contributed by atoms with E-state index in [0.29, 0.717) is 32.5 Å². The van der Waals surface area contributed by atoms with E-state index < -0.39 is 5.60 Å². The molecule has 2 fully saturated rings. The maximum absolute atomic E-state index is 13.8. The highest BCUT2D eigenvalue weighted by Crippen LogP contribution is 2.36. The third kappa shape index (κ3) is 2.91. The van der Waals surface area contributed by atoms with E-state index in [-0.39, 0.29) is 23.7 Å². The van der Waals surface area contributed by atoms with Crippen LogP contribution in [-0.4, -0.2) is 55.1 Å². The fourth-order valence-electron chi connectivity index (χ4n) is 3.58. The number of benzene rings is 1. The number of hydrogen-bond acceptors (Lipinski definition) is 4. The number of methoxy groups -OCH3 is 1. The summed E-state index contributed by atoms with van der Waals surface area (Å²) >= 11 is 0. The minimum atomic E-state index is -0.785. The van der Waals surface area contributed by atoms with E-state index in [9.17, 15) is 9.50 Å². The van der Waals surface area contributed by atoms with Crippen molar-refractivity contribution in [2.24, 2.45) is 0 Å². The summed E-state index contributed by atoms with van der Waals surface area (Å²) in [5, 5.41) is 10.9. The first-order chi connectivity index (χ1) is 10.0. The molecule has 1 aromatic rings. The van der Waals surface area contributed by atoms with Crippen molar-refractivity contribution in [1.82, 2.24) is 4.90 Å². The number of morpholine rings is 1. The van der Waals surface area contributed by atoms with Gasteiger partial charge in [0.1, 0.15) is 0 Å². The predicted molar refractivity (Wildman–Crippen MR) is 77.0 cm³/mol. The molecule has 116 valence electrons. The van der Waals surface area contributed by atoms with Crippen molar-refractivity contribution >= 4 is 0 Å². The number of nitrogens with zero attached hydrogens (tertiary/aromatic N) is 1. The number of halogens is 1. The van der Waals surface area contributed by atoms with Crippen molar-refractivity contribution in [3.63, 3.8) is 0 Å². The number of piperidine rings is 1. The lowest BCUT2D eigenvalue weighted by Gasteiger charge is -2.50. The Bertz CT molecular complexity index is 508. The van der Waals surface area contributed by atoms with Gasteiger partial charge in [0.05, 0.1) is 25.9 Å². The van der Waals surface area contributed by atoms with Crippen LogP contribution in [0.2, 0.25) is 0 Å². The Morgan fingerprint density at radius 1 is 1.38 bits per heavy atom. The molecule has 2 unspecified atom stereocenters. The molecule has 4 nitrogen and oxygen atoms in total. The van der Waals surface area contributed by atoms with Crippen molar-refractivity contribution < 1.29 is 19.0 Å². The van der Waals surface area contributed by atoms with Gasteiger partial charge in [-0.2, -0.15) is 0 Å². The van der Waals surface area contributed by atoms with E-state index >= 15 is 0 Å². The lowest BCUT2D eigenvalue weighted by atomic mass is 9.78. The van der Waals surface area contributed by atoms with Crippen LogP contribution in [-0.2, 0) is 11.2 Å². The number of rotatable bonds is 3. The number of hydrogen-bond donors (Lipinski definition) is 1. The van der Waals surface area contributed by atoms with Crippen LogP contribution in [0.15, 0.2) is 18.2 Å². The van der Waals surface area contributed by atoms with Gasteiger partial charge < -0.3 is 14.6 Å². The summed E-state index contributed by atoms with van der Waals surface area (Å²) in [6.45, 7) is 1.32. The first-order valence-electron chi connectivity index (χ1n) is 7.35. The van der Waals surface area contributed by atoms with Crippen LogP contribution in [0.4, 0.5) is 4.39 Å². The minimum absolute atomic E-state index is 0.236.